The molecular formula is C26H23ClN6O2S. The Balaban J connectivity index is 1.58. The molecule has 182 valence electrons. The summed E-state index contributed by atoms with van der Waals surface area (Å²) in [5.41, 5.74) is 3.11. The number of anilines is 2. The fraction of sp³-hybridized carbons (Fsp3) is 0.154. The minimum absolute atomic E-state index is 0.0590. The second kappa shape index (κ2) is 10.4. The van der Waals surface area contributed by atoms with Crippen molar-refractivity contribution in [3.05, 3.63) is 102 Å². The number of benzene rings is 1. The first-order chi connectivity index (χ1) is 17.6. The maximum absolute atomic E-state index is 12.0. The molecule has 8 nitrogen and oxygen atoms in total. The Morgan fingerprint density at radius 1 is 1.11 bits per heavy atom. The first kappa shape index (κ1) is 23.9. The van der Waals surface area contributed by atoms with Crippen LogP contribution in [0.5, 0.6) is 0 Å². The normalized spacial score (nSPS) is 17.2. The van der Waals surface area contributed by atoms with Crippen LogP contribution >= 0.6 is 23.8 Å². The van der Waals surface area contributed by atoms with E-state index in [4.69, 9.17) is 28.6 Å². The van der Waals surface area contributed by atoms with Crippen molar-refractivity contribution in [2.75, 3.05) is 23.9 Å². The molecule has 2 atom stereocenters. The van der Waals surface area contributed by atoms with Gasteiger partial charge in [-0.15, -0.1) is 0 Å². The summed E-state index contributed by atoms with van der Waals surface area (Å²) in [6.45, 7) is -0.0590. The predicted molar refractivity (Wildman–Crippen MR) is 143 cm³/mol. The lowest BCUT2D eigenvalue weighted by Crippen LogP contribution is -2.30. The summed E-state index contributed by atoms with van der Waals surface area (Å²) in [7, 11) is 1.46. The molecule has 10 heteroatoms. The van der Waals surface area contributed by atoms with Gasteiger partial charge in [-0.1, -0.05) is 23.7 Å². The number of methoxy groups -OCH3 is 1. The van der Waals surface area contributed by atoms with Crippen LogP contribution in [0.2, 0.25) is 5.02 Å². The van der Waals surface area contributed by atoms with E-state index in [0.717, 1.165) is 22.9 Å². The van der Waals surface area contributed by atoms with Gasteiger partial charge in [0.05, 0.1) is 22.4 Å². The van der Waals surface area contributed by atoms with Crippen LogP contribution in [0.1, 0.15) is 23.5 Å². The maximum atomic E-state index is 12.0. The molecule has 1 aliphatic heterocycles. The first-order valence-corrected chi connectivity index (χ1v) is 12.0. The average Bonchev–Trinajstić information content (AvgIpc) is 3.51. The van der Waals surface area contributed by atoms with Crippen LogP contribution in [-0.4, -0.2) is 39.3 Å². The highest BCUT2D eigenvalue weighted by atomic mass is 35.5. The zero-order chi connectivity index (χ0) is 25.1. The van der Waals surface area contributed by atoms with Crippen molar-refractivity contribution in [2.24, 2.45) is 0 Å². The van der Waals surface area contributed by atoms with E-state index < -0.39 is 0 Å². The molecule has 0 saturated carbocycles. The van der Waals surface area contributed by atoms with Crippen LogP contribution in [0, 0.1) is 0 Å². The van der Waals surface area contributed by atoms with Gasteiger partial charge in [-0.05, 0) is 66.8 Å². The summed E-state index contributed by atoms with van der Waals surface area (Å²) in [4.78, 5) is 23.2. The fourth-order valence-electron chi connectivity index (χ4n) is 4.35. The quantitative estimate of drug-likeness (QED) is 0.343. The number of halogens is 1. The Morgan fingerprint density at radius 2 is 1.92 bits per heavy atom. The molecule has 1 aliphatic rings. The first-order valence-electron chi connectivity index (χ1n) is 11.2. The number of carbonyl (C=O) groups is 1. The highest BCUT2D eigenvalue weighted by Gasteiger charge is 2.42. The highest BCUT2D eigenvalue weighted by molar-refractivity contribution is 7.80. The van der Waals surface area contributed by atoms with E-state index >= 15 is 0 Å². The molecule has 2 N–H and O–H groups in total. The number of hydrogen-bond donors (Lipinski definition) is 2. The third kappa shape index (κ3) is 4.68. The van der Waals surface area contributed by atoms with Gasteiger partial charge in [-0.2, -0.15) is 0 Å². The molecule has 3 aromatic heterocycles. The molecule has 36 heavy (non-hydrogen) atoms. The second-order valence-corrected chi connectivity index (χ2v) is 8.93. The summed E-state index contributed by atoms with van der Waals surface area (Å²) in [6.07, 6.45) is 5.51. The predicted octanol–water partition coefficient (Wildman–Crippen LogP) is 4.68. The van der Waals surface area contributed by atoms with Crippen molar-refractivity contribution in [1.82, 2.24) is 19.9 Å². The highest BCUT2D eigenvalue weighted by Crippen LogP contribution is 2.43. The molecule has 1 amide bonds. The SMILES string of the molecule is COCC(=O)Nc1ccc(N2C(=S)N[C@@H](c3ccccn3)[C@@H]2c2cccn2-c2ccccn2)cc1Cl. The van der Waals surface area contributed by atoms with Gasteiger partial charge in [0, 0.05) is 37.1 Å². The zero-order valence-electron chi connectivity index (χ0n) is 19.3. The number of rotatable bonds is 7. The van der Waals surface area contributed by atoms with Crippen molar-refractivity contribution in [3.63, 3.8) is 0 Å². The number of aromatic nitrogens is 3. The summed E-state index contributed by atoms with van der Waals surface area (Å²) in [6, 6.07) is 20.6. The van der Waals surface area contributed by atoms with Gasteiger partial charge in [-0.3, -0.25) is 9.78 Å². The molecule has 0 radical (unpaired) electrons. The van der Waals surface area contributed by atoms with Gasteiger partial charge in [0.25, 0.3) is 0 Å². The van der Waals surface area contributed by atoms with Crippen LogP contribution in [-0.2, 0) is 9.53 Å². The van der Waals surface area contributed by atoms with Crippen LogP contribution in [0.15, 0.2) is 85.3 Å². The van der Waals surface area contributed by atoms with Crippen molar-refractivity contribution in [2.45, 2.75) is 12.1 Å². The summed E-state index contributed by atoms with van der Waals surface area (Å²) < 4.78 is 6.94. The van der Waals surface area contributed by atoms with Crippen LogP contribution in [0.25, 0.3) is 5.82 Å². The summed E-state index contributed by atoms with van der Waals surface area (Å²) >= 11 is 12.4. The van der Waals surface area contributed by atoms with E-state index in [1.165, 1.54) is 7.11 Å². The van der Waals surface area contributed by atoms with E-state index in [1.807, 2.05) is 64.2 Å². The Hall–Kier alpha value is -3.79. The van der Waals surface area contributed by atoms with Crippen LogP contribution < -0.4 is 15.5 Å². The van der Waals surface area contributed by atoms with Crippen molar-refractivity contribution < 1.29 is 9.53 Å². The molecule has 1 aromatic carbocycles. The molecule has 4 aromatic rings. The standard InChI is InChI=1S/C26H23ClN6O2S/c1-35-16-23(34)30-19-11-10-17(15-18(19)27)33-25(24(31-26(33)36)20-7-2-4-12-28-20)21-8-6-14-32(21)22-9-3-5-13-29-22/h2-15,24-25H,16H2,1H3,(H,30,34)(H,31,36)/t24-,25-/m0/s1. The van der Waals surface area contributed by atoms with Crippen molar-refractivity contribution in [1.29, 1.82) is 0 Å². The zero-order valence-corrected chi connectivity index (χ0v) is 20.9. The van der Waals surface area contributed by atoms with Gasteiger partial charge in [0.2, 0.25) is 5.91 Å². The fourth-order valence-corrected chi connectivity index (χ4v) is 4.91. The number of amides is 1. The van der Waals surface area contributed by atoms with E-state index in [9.17, 15) is 4.79 Å². The molecule has 0 bridgehead atoms. The Labute approximate surface area is 218 Å². The number of ether oxygens (including phenoxy) is 1. The minimum Gasteiger partial charge on any atom is -0.375 e. The molecule has 4 heterocycles. The van der Waals surface area contributed by atoms with Crippen LogP contribution in [0.3, 0.4) is 0 Å². The lowest BCUT2D eigenvalue weighted by Gasteiger charge is -2.29. The van der Waals surface area contributed by atoms with E-state index in [0.29, 0.717) is 15.8 Å². The van der Waals surface area contributed by atoms with E-state index in [1.54, 1.807) is 24.5 Å². The number of nitrogens with one attached hydrogen (secondary N) is 2. The van der Waals surface area contributed by atoms with Gasteiger partial charge >= 0.3 is 0 Å². The number of carbonyl (C=O) groups excluding carboxylic acids is 1. The Kier molecular flexibility index (Phi) is 6.95. The Morgan fingerprint density at radius 3 is 2.61 bits per heavy atom. The van der Waals surface area contributed by atoms with Crippen molar-refractivity contribution in [3.8, 4) is 5.82 Å². The van der Waals surface area contributed by atoms with E-state index in [2.05, 4.69) is 26.7 Å². The average molecular weight is 519 g/mol. The molecule has 5 rings (SSSR count). The van der Waals surface area contributed by atoms with Crippen LogP contribution in [0.4, 0.5) is 11.4 Å². The number of pyridine rings is 2. The van der Waals surface area contributed by atoms with E-state index in [-0.39, 0.29) is 24.6 Å². The maximum Gasteiger partial charge on any atom is 0.250 e. The minimum atomic E-state index is -0.285. The lowest BCUT2D eigenvalue weighted by atomic mass is 10.0. The smallest absolute Gasteiger partial charge is 0.250 e. The largest absolute Gasteiger partial charge is 0.375 e. The number of hydrogen-bond acceptors (Lipinski definition) is 5. The van der Waals surface area contributed by atoms with Gasteiger partial charge in [-0.25, -0.2) is 4.98 Å². The lowest BCUT2D eigenvalue weighted by molar-refractivity contribution is -0.119. The van der Waals surface area contributed by atoms with Crippen molar-refractivity contribution >= 4 is 46.2 Å². The third-order valence-corrected chi connectivity index (χ3v) is 6.49. The molecule has 0 spiro atoms. The molecule has 1 fully saturated rings. The van der Waals surface area contributed by atoms with Gasteiger partial charge < -0.3 is 24.8 Å². The second-order valence-electron chi connectivity index (χ2n) is 8.13. The third-order valence-electron chi connectivity index (χ3n) is 5.86. The number of thiocarbonyl (C=S) groups is 1. The monoisotopic (exact) mass is 518 g/mol. The number of nitrogens with zero attached hydrogens (tertiary/aromatic N) is 4. The van der Waals surface area contributed by atoms with Gasteiger partial charge in [0.15, 0.2) is 5.11 Å². The summed E-state index contributed by atoms with van der Waals surface area (Å²) in [5.74, 6) is 0.510. The van der Waals surface area contributed by atoms with Gasteiger partial charge in [0.1, 0.15) is 18.5 Å². The molecule has 1 saturated heterocycles. The Bertz CT molecular complexity index is 1380. The summed E-state index contributed by atoms with van der Waals surface area (Å²) in [5, 5.41) is 7.14. The molecule has 0 aliphatic carbocycles. The molecule has 0 unspecified atom stereocenters. The topological polar surface area (TPSA) is 84.3 Å². The molecular weight excluding hydrogens is 496 g/mol.